The largest absolute Gasteiger partial charge is 0.346 e. The molecule has 4 rings (SSSR count). The van der Waals surface area contributed by atoms with Crippen molar-refractivity contribution >= 4 is 5.78 Å². The Morgan fingerprint density at radius 3 is 2.77 bits per heavy atom. The molecule has 3 heteroatoms. The summed E-state index contributed by atoms with van der Waals surface area (Å²) in [4.78, 5) is 12.7. The maximum atomic E-state index is 12.7. The maximum absolute atomic E-state index is 12.7. The number of allylic oxidation sites excluding steroid dienone is 2. The molecule has 1 heterocycles. The fourth-order valence-corrected chi connectivity index (χ4v) is 4.40. The molecule has 0 aromatic rings. The van der Waals surface area contributed by atoms with Crippen molar-refractivity contribution < 1.29 is 14.3 Å². The van der Waals surface area contributed by atoms with E-state index < -0.39 is 6.29 Å². The molecule has 2 fully saturated rings. The topological polar surface area (TPSA) is 35.5 Å². The second-order valence-corrected chi connectivity index (χ2v) is 7.48. The summed E-state index contributed by atoms with van der Waals surface area (Å²) in [5.41, 5.74) is 0. The average molecular weight is 306 g/mol. The van der Waals surface area contributed by atoms with Gasteiger partial charge in [-0.15, -0.1) is 0 Å². The molecular formula is C19H30O3. The number of carbonyl (C=O) groups excluding carboxylic acids is 1. The Morgan fingerprint density at radius 1 is 1.27 bits per heavy atom. The molecule has 0 unspecified atom stereocenters. The summed E-state index contributed by atoms with van der Waals surface area (Å²) in [6.07, 6.45) is 11.3. The number of unbranched alkanes of at least 4 members (excludes halogenated alkanes) is 2. The van der Waals surface area contributed by atoms with Gasteiger partial charge in [-0.25, -0.2) is 0 Å². The zero-order valence-electron chi connectivity index (χ0n) is 14.0. The lowest BCUT2D eigenvalue weighted by molar-refractivity contribution is -0.206. The average Bonchev–Trinajstić information content (AvgIpc) is 2.55. The van der Waals surface area contributed by atoms with Crippen molar-refractivity contribution in [3.8, 4) is 0 Å². The molecule has 0 spiro atoms. The van der Waals surface area contributed by atoms with Gasteiger partial charge >= 0.3 is 0 Å². The Bertz CT molecular complexity index is 417. The summed E-state index contributed by atoms with van der Waals surface area (Å²) in [5.74, 6) is 2.24. The molecule has 0 N–H and O–H groups in total. The van der Waals surface area contributed by atoms with E-state index in [2.05, 4.69) is 26.0 Å². The third-order valence-corrected chi connectivity index (χ3v) is 5.74. The quantitative estimate of drug-likeness (QED) is 0.527. The van der Waals surface area contributed by atoms with E-state index in [0.717, 1.165) is 6.42 Å². The van der Waals surface area contributed by atoms with Gasteiger partial charge in [-0.1, -0.05) is 45.3 Å². The van der Waals surface area contributed by atoms with Gasteiger partial charge in [-0.05, 0) is 42.9 Å². The lowest BCUT2D eigenvalue weighted by Crippen LogP contribution is -2.52. The van der Waals surface area contributed by atoms with Crippen LogP contribution >= 0.6 is 0 Å². The van der Waals surface area contributed by atoms with Crippen LogP contribution in [0.3, 0.4) is 0 Å². The summed E-state index contributed by atoms with van der Waals surface area (Å²) in [5, 5.41) is 0. The molecular weight excluding hydrogens is 276 g/mol. The molecule has 2 bridgehead atoms. The Kier molecular flexibility index (Phi) is 5.35. The third kappa shape index (κ3) is 3.30. The van der Waals surface area contributed by atoms with Gasteiger partial charge in [0.1, 0.15) is 0 Å². The van der Waals surface area contributed by atoms with Gasteiger partial charge in [-0.2, -0.15) is 0 Å². The molecule has 3 aliphatic carbocycles. The molecule has 124 valence electrons. The Morgan fingerprint density at radius 2 is 2.05 bits per heavy atom. The van der Waals surface area contributed by atoms with E-state index >= 15 is 0 Å². The standard InChI is InChI=1S/C19H30O3/c1-3-4-5-6-13(2)11-21-19-18(20)17-15-9-7-14(8-10-15)16(17)12-22-19/h7,9,13-17,19H,3-6,8,10-12H2,1-2H3/t13-,14-,15+,16-,17+,19-/m1/s1. The molecule has 1 saturated heterocycles. The van der Waals surface area contributed by atoms with E-state index in [1.807, 2.05) is 0 Å². The van der Waals surface area contributed by atoms with Crippen molar-refractivity contribution in [2.45, 2.75) is 58.7 Å². The second kappa shape index (κ2) is 7.27. The van der Waals surface area contributed by atoms with Crippen LogP contribution < -0.4 is 0 Å². The molecule has 0 amide bonds. The third-order valence-electron chi connectivity index (χ3n) is 5.74. The monoisotopic (exact) mass is 306 g/mol. The smallest absolute Gasteiger partial charge is 0.218 e. The number of ketones is 1. The first kappa shape index (κ1) is 16.2. The minimum Gasteiger partial charge on any atom is -0.346 e. The van der Waals surface area contributed by atoms with Crippen molar-refractivity contribution in [2.75, 3.05) is 13.2 Å². The van der Waals surface area contributed by atoms with Crippen LogP contribution in [0.15, 0.2) is 12.2 Å². The van der Waals surface area contributed by atoms with E-state index in [1.54, 1.807) is 0 Å². The van der Waals surface area contributed by atoms with Gasteiger partial charge in [0.2, 0.25) is 6.29 Å². The minimum absolute atomic E-state index is 0.151. The predicted molar refractivity (Wildman–Crippen MR) is 86.3 cm³/mol. The minimum atomic E-state index is -0.609. The van der Waals surface area contributed by atoms with Gasteiger partial charge < -0.3 is 9.47 Å². The molecule has 4 aliphatic rings. The first-order chi connectivity index (χ1) is 10.7. The molecule has 22 heavy (non-hydrogen) atoms. The first-order valence-electron chi connectivity index (χ1n) is 9.16. The highest BCUT2D eigenvalue weighted by Gasteiger charge is 2.49. The Labute approximate surface area is 134 Å². The highest BCUT2D eigenvalue weighted by atomic mass is 16.7. The van der Waals surface area contributed by atoms with Crippen molar-refractivity contribution in [3.05, 3.63) is 12.2 Å². The molecule has 0 aromatic carbocycles. The van der Waals surface area contributed by atoms with E-state index in [9.17, 15) is 4.79 Å². The van der Waals surface area contributed by atoms with E-state index in [0.29, 0.717) is 36.9 Å². The normalized spacial score (nSPS) is 38.1. The number of carbonyl (C=O) groups is 1. The fourth-order valence-electron chi connectivity index (χ4n) is 4.40. The molecule has 0 aromatic heterocycles. The van der Waals surface area contributed by atoms with E-state index in [4.69, 9.17) is 9.47 Å². The maximum Gasteiger partial charge on any atom is 0.218 e. The molecule has 1 aliphatic heterocycles. The van der Waals surface area contributed by atoms with E-state index in [1.165, 1.54) is 32.1 Å². The van der Waals surface area contributed by atoms with Crippen molar-refractivity contribution in [1.29, 1.82) is 0 Å². The second-order valence-electron chi connectivity index (χ2n) is 7.48. The summed E-state index contributed by atoms with van der Waals surface area (Å²) in [6, 6.07) is 0. The molecule has 0 radical (unpaired) electrons. The van der Waals surface area contributed by atoms with Crippen LogP contribution in [0, 0.1) is 29.6 Å². The number of rotatable bonds is 7. The summed E-state index contributed by atoms with van der Waals surface area (Å²) >= 11 is 0. The summed E-state index contributed by atoms with van der Waals surface area (Å²) in [6.45, 7) is 5.76. The van der Waals surface area contributed by atoms with Crippen molar-refractivity contribution in [1.82, 2.24) is 0 Å². The predicted octanol–water partition coefficient (Wildman–Crippen LogP) is 3.97. The van der Waals surface area contributed by atoms with Gasteiger partial charge in [0, 0.05) is 5.92 Å². The van der Waals surface area contributed by atoms with E-state index in [-0.39, 0.29) is 11.7 Å². The Balaban J connectivity index is 1.50. The Hall–Kier alpha value is -0.670. The molecule has 1 saturated carbocycles. The highest BCUT2D eigenvalue weighted by molar-refractivity contribution is 5.86. The van der Waals surface area contributed by atoms with Crippen LogP contribution in [0.1, 0.15) is 52.4 Å². The lowest BCUT2D eigenvalue weighted by Gasteiger charge is -2.47. The van der Waals surface area contributed by atoms with Crippen LogP contribution in [0.25, 0.3) is 0 Å². The zero-order valence-corrected chi connectivity index (χ0v) is 14.0. The van der Waals surface area contributed by atoms with Crippen molar-refractivity contribution in [3.63, 3.8) is 0 Å². The number of Topliss-reactive ketones (excluding diaryl/α,β-unsaturated/α-hetero) is 1. The van der Waals surface area contributed by atoms with Gasteiger partial charge in [0.25, 0.3) is 0 Å². The fraction of sp³-hybridized carbons (Fsp3) is 0.842. The van der Waals surface area contributed by atoms with Crippen molar-refractivity contribution in [2.24, 2.45) is 29.6 Å². The van der Waals surface area contributed by atoms with Crippen LogP contribution in [-0.4, -0.2) is 25.3 Å². The summed E-state index contributed by atoms with van der Waals surface area (Å²) < 4.78 is 11.6. The number of ether oxygens (including phenoxy) is 2. The molecule has 3 nitrogen and oxygen atoms in total. The van der Waals surface area contributed by atoms with Crippen LogP contribution in [0.4, 0.5) is 0 Å². The van der Waals surface area contributed by atoms with Crippen LogP contribution in [-0.2, 0) is 14.3 Å². The van der Waals surface area contributed by atoms with Gasteiger partial charge in [-0.3, -0.25) is 4.79 Å². The highest BCUT2D eigenvalue weighted by Crippen LogP contribution is 2.47. The number of hydrogen-bond donors (Lipinski definition) is 0. The van der Waals surface area contributed by atoms with Crippen LogP contribution in [0.5, 0.6) is 0 Å². The summed E-state index contributed by atoms with van der Waals surface area (Å²) in [7, 11) is 0. The van der Waals surface area contributed by atoms with Crippen LogP contribution in [0.2, 0.25) is 0 Å². The zero-order chi connectivity index (χ0) is 15.5. The lowest BCUT2D eigenvalue weighted by atomic mass is 9.60. The number of hydrogen-bond acceptors (Lipinski definition) is 3. The number of fused-ring (bicyclic) bond motifs is 1. The SMILES string of the molecule is CCCCC[C@@H](C)CO[C@@H]1OC[C@H]2[C@@H](C1=O)[C@H]1C=C[C@@H]2CC1. The molecule has 6 atom stereocenters. The van der Waals surface area contributed by atoms with Gasteiger partial charge in [0.15, 0.2) is 5.78 Å². The van der Waals surface area contributed by atoms with Gasteiger partial charge in [0.05, 0.1) is 13.2 Å². The first-order valence-corrected chi connectivity index (χ1v) is 9.16.